The van der Waals surface area contributed by atoms with Gasteiger partial charge in [-0.3, -0.25) is 4.98 Å². The van der Waals surface area contributed by atoms with Gasteiger partial charge >= 0.3 is 0 Å². The molecule has 0 bridgehead atoms. The molecule has 2 rings (SSSR count). The normalized spacial score (nSPS) is 10.5. The van der Waals surface area contributed by atoms with Gasteiger partial charge < -0.3 is 0 Å². The Labute approximate surface area is 92.8 Å². The molecule has 0 fully saturated rings. The molecule has 1 aromatic heterocycles. The van der Waals surface area contributed by atoms with E-state index in [0.29, 0.717) is 11.3 Å². The first-order chi connectivity index (χ1) is 7.59. The molecule has 0 saturated heterocycles. The van der Waals surface area contributed by atoms with Gasteiger partial charge in [-0.25, -0.2) is 8.78 Å². The number of rotatable bonds is 1. The van der Waals surface area contributed by atoms with Crippen molar-refractivity contribution < 1.29 is 8.78 Å². The minimum atomic E-state index is -0.837. The Kier molecular flexibility index (Phi) is 2.69. The molecule has 0 amide bonds. The Morgan fingerprint density at radius 1 is 0.938 bits per heavy atom. The van der Waals surface area contributed by atoms with Crippen molar-refractivity contribution in [1.82, 2.24) is 4.98 Å². The minimum Gasteiger partial charge on any atom is -0.256 e. The van der Waals surface area contributed by atoms with E-state index < -0.39 is 11.6 Å². The summed E-state index contributed by atoms with van der Waals surface area (Å²) in [6.45, 7) is 3.42. The maximum Gasteiger partial charge on any atom is 0.168 e. The van der Waals surface area contributed by atoms with Gasteiger partial charge in [0.15, 0.2) is 11.6 Å². The summed E-state index contributed by atoms with van der Waals surface area (Å²) in [5.74, 6) is -1.64. The molecule has 0 aliphatic carbocycles. The molecule has 0 radical (unpaired) electrons. The first kappa shape index (κ1) is 10.7. The number of nitrogens with zero attached hydrogens (tertiary/aromatic N) is 1. The molecule has 1 nitrogen and oxygen atoms in total. The number of hydrogen-bond acceptors (Lipinski definition) is 1. The summed E-state index contributed by atoms with van der Waals surface area (Å²) < 4.78 is 27.0. The van der Waals surface area contributed by atoms with E-state index in [1.54, 1.807) is 24.4 Å². The zero-order valence-electron chi connectivity index (χ0n) is 9.09. The van der Waals surface area contributed by atoms with Crippen molar-refractivity contribution in [3.8, 4) is 11.3 Å². The summed E-state index contributed by atoms with van der Waals surface area (Å²) in [6.07, 6.45) is 1.63. The van der Waals surface area contributed by atoms with E-state index in [4.69, 9.17) is 0 Å². The molecule has 0 atom stereocenters. The van der Waals surface area contributed by atoms with Gasteiger partial charge in [0.2, 0.25) is 0 Å². The zero-order valence-corrected chi connectivity index (χ0v) is 9.09. The molecule has 0 saturated carbocycles. The first-order valence-corrected chi connectivity index (χ1v) is 4.97. The fourth-order valence-corrected chi connectivity index (χ4v) is 1.47. The van der Waals surface area contributed by atoms with Crippen LogP contribution in [0.15, 0.2) is 30.5 Å². The van der Waals surface area contributed by atoms with Crippen LogP contribution < -0.4 is 0 Å². The van der Waals surface area contributed by atoms with Crippen molar-refractivity contribution in [2.24, 2.45) is 0 Å². The summed E-state index contributed by atoms with van der Waals surface area (Å²) in [6, 6.07) is 6.60. The third-order valence-corrected chi connectivity index (χ3v) is 2.46. The lowest BCUT2D eigenvalue weighted by Crippen LogP contribution is -1.94. The van der Waals surface area contributed by atoms with Crippen molar-refractivity contribution in [2.45, 2.75) is 13.8 Å². The molecule has 1 heterocycles. The highest BCUT2D eigenvalue weighted by molar-refractivity contribution is 5.60. The van der Waals surface area contributed by atoms with Crippen LogP contribution in [0.5, 0.6) is 0 Å². The summed E-state index contributed by atoms with van der Waals surface area (Å²) in [5, 5.41) is 0. The van der Waals surface area contributed by atoms with Gasteiger partial charge in [-0.05, 0) is 37.1 Å². The monoisotopic (exact) mass is 219 g/mol. The van der Waals surface area contributed by atoms with Crippen LogP contribution in [0, 0.1) is 25.5 Å². The second-order valence-electron chi connectivity index (χ2n) is 3.78. The Hall–Kier alpha value is -1.77. The molecule has 16 heavy (non-hydrogen) atoms. The fraction of sp³-hybridized carbons (Fsp3) is 0.154. The Morgan fingerprint density at radius 2 is 1.69 bits per heavy atom. The second kappa shape index (κ2) is 4.00. The van der Waals surface area contributed by atoms with Gasteiger partial charge in [0.05, 0.1) is 5.69 Å². The molecule has 3 heteroatoms. The van der Waals surface area contributed by atoms with Crippen LogP contribution in [0.1, 0.15) is 11.1 Å². The fourth-order valence-electron chi connectivity index (χ4n) is 1.47. The first-order valence-electron chi connectivity index (χ1n) is 4.97. The Balaban J connectivity index is 2.57. The third-order valence-electron chi connectivity index (χ3n) is 2.46. The van der Waals surface area contributed by atoms with Gasteiger partial charge in [-0.15, -0.1) is 0 Å². The van der Waals surface area contributed by atoms with Crippen LogP contribution in [0.25, 0.3) is 11.3 Å². The largest absolute Gasteiger partial charge is 0.256 e. The second-order valence-corrected chi connectivity index (χ2v) is 3.78. The zero-order chi connectivity index (χ0) is 11.7. The van der Waals surface area contributed by atoms with Crippen molar-refractivity contribution in [3.63, 3.8) is 0 Å². The van der Waals surface area contributed by atoms with E-state index in [-0.39, 0.29) is 5.56 Å². The Morgan fingerprint density at radius 3 is 2.31 bits per heavy atom. The maximum atomic E-state index is 13.6. The van der Waals surface area contributed by atoms with Gasteiger partial charge in [0.25, 0.3) is 0 Å². The predicted molar refractivity (Wildman–Crippen MR) is 59.1 cm³/mol. The van der Waals surface area contributed by atoms with E-state index in [1.165, 1.54) is 6.92 Å². The van der Waals surface area contributed by atoms with Gasteiger partial charge in [-0.1, -0.05) is 12.1 Å². The van der Waals surface area contributed by atoms with Crippen LogP contribution in [-0.4, -0.2) is 4.98 Å². The number of aryl methyl sites for hydroxylation is 2. The lowest BCUT2D eigenvalue weighted by molar-refractivity contribution is 0.505. The van der Waals surface area contributed by atoms with E-state index in [0.717, 1.165) is 5.56 Å². The average Bonchev–Trinajstić information content (AvgIpc) is 2.28. The molecule has 82 valence electrons. The highest BCUT2D eigenvalue weighted by Crippen LogP contribution is 2.24. The van der Waals surface area contributed by atoms with E-state index in [1.807, 2.05) is 13.0 Å². The van der Waals surface area contributed by atoms with Crippen LogP contribution >= 0.6 is 0 Å². The summed E-state index contributed by atoms with van der Waals surface area (Å²) in [7, 11) is 0. The summed E-state index contributed by atoms with van der Waals surface area (Å²) in [4.78, 5) is 4.07. The highest BCUT2D eigenvalue weighted by atomic mass is 19.2. The number of aromatic nitrogens is 1. The lowest BCUT2D eigenvalue weighted by Gasteiger charge is -2.05. The minimum absolute atomic E-state index is 0.197. The molecule has 0 spiro atoms. The highest BCUT2D eigenvalue weighted by Gasteiger charge is 2.12. The lowest BCUT2D eigenvalue weighted by atomic mass is 10.1. The molecule has 2 aromatic rings. The standard InChI is InChI=1S/C13H11F2N/c1-8-3-6-11(16-7-8)10-5-4-9(2)12(14)13(10)15/h3-7H,1-2H3. The quantitative estimate of drug-likeness (QED) is 0.713. The van der Waals surface area contributed by atoms with Crippen molar-refractivity contribution in [2.75, 3.05) is 0 Å². The summed E-state index contributed by atoms with van der Waals surface area (Å²) in [5.41, 5.74) is 1.93. The maximum absolute atomic E-state index is 13.6. The van der Waals surface area contributed by atoms with Crippen LogP contribution in [-0.2, 0) is 0 Å². The molecule has 0 unspecified atom stereocenters. The Bertz CT molecular complexity index is 518. The van der Waals surface area contributed by atoms with Gasteiger partial charge in [0, 0.05) is 11.8 Å². The third kappa shape index (κ3) is 1.81. The van der Waals surface area contributed by atoms with Crippen LogP contribution in [0.3, 0.4) is 0 Å². The molecule has 0 aliphatic heterocycles. The number of benzene rings is 1. The molecular formula is C13H11F2N. The van der Waals surface area contributed by atoms with Crippen molar-refractivity contribution >= 4 is 0 Å². The van der Waals surface area contributed by atoms with E-state index >= 15 is 0 Å². The van der Waals surface area contributed by atoms with E-state index in [9.17, 15) is 8.78 Å². The molecule has 0 aliphatic rings. The SMILES string of the molecule is Cc1ccc(-c2ccc(C)c(F)c2F)nc1. The average molecular weight is 219 g/mol. The summed E-state index contributed by atoms with van der Waals surface area (Å²) >= 11 is 0. The molecule has 0 N–H and O–H groups in total. The molecule has 1 aromatic carbocycles. The predicted octanol–water partition coefficient (Wildman–Crippen LogP) is 3.64. The van der Waals surface area contributed by atoms with Crippen LogP contribution in [0.4, 0.5) is 8.78 Å². The number of pyridine rings is 1. The number of hydrogen-bond donors (Lipinski definition) is 0. The van der Waals surface area contributed by atoms with Crippen molar-refractivity contribution in [3.05, 3.63) is 53.2 Å². The smallest absolute Gasteiger partial charge is 0.168 e. The number of halogens is 2. The molecular weight excluding hydrogens is 208 g/mol. The van der Waals surface area contributed by atoms with Gasteiger partial charge in [0.1, 0.15) is 0 Å². The van der Waals surface area contributed by atoms with Crippen molar-refractivity contribution in [1.29, 1.82) is 0 Å². The topological polar surface area (TPSA) is 12.9 Å². The van der Waals surface area contributed by atoms with E-state index in [2.05, 4.69) is 4.98 Å². The van der Waals surface area contributed by atoms with Crippen LogP contribution in [0.2, 0.25) is 0 Å². The van der Waals surface area contributed by atoms with Gasteiger partial charge in [-0.2, -0.15) is 0 Å².